The normalized spacial score (nSPS) is 15.1. The molecule has 1 heterocycles. The van der Waals surface area contributed by atoms with Gasteiger partial charge < -0.3 is 5.73 Å². The van der Waals surface area contributed by atoms with Gasteiger partial charge in [0.25, 0.3) is 0 Å². The maximum atomic E-state index is 8.77. The van der Waals surface area contributed by atoms with Crippen LogP contribution in [0.1, 0.15) is 24.0 Å². The average Bonchev–Trinajstić information content (AvgIpc) is 2.30. The van der Waals surface area contributed by atoms with Crippen LogP contribution in [0.15, 0.2) is 34.5 Å². The maximum Gasteiger partial charge on any atom is 0.122 e. The molecule has 0 aromatic heterocycles. The number of nitrogens with two attached hydrogens (primary N) is 1. The number of rotatable bonds is 1. The Labute approximate surface area is 87.7 Å². The van der Waals surface area contributed by atoms with Crippen molar-refractivity contribution in [3.63, 3.8) is 0 Å². The zero-order valence-corrected chi connectivity index (χ0v) is 8.14. The lowest BCUT2D eigenvalue weighted by molar-refractivity contribution is 1.02. The summed E-state index contributed by atoms with van der Waals surface area (Å²) in [5.41, 5.74) is 8.00. The van der Waals surface area contributed by atoms with Crippen molar-refractivity contribution < 1.29 is 0 Å². The monoisotopic (exact) mass is 198 g/mol. The zero-order valence-electron chi connectivity index (χ0n) is 8.14. The van der Waals surface area contributed by atoms with Gasteiger partial charge in [-0.3, -0.25) is 0 Å². The highest BCUT2D eigenvalue weighted by atomic mass is 15.2. The zero-order chi connectivity index (χ0) is 10.7. The molecule has 0 atom stereocenters. The van der Waals surface area contributed by atoms with Crippen LogP contribution in [0, 0.1) is 11.3 Å². The summed E-state index contributed by atoms with van der Waals surface area (Å²) in [6, 6.07) is 9.46. The Morgan fingerprint density at radius 1 is 1.27 bits per heavy atom. The SMILES string of the molecule is N#Cc1cccc(C2=NN=C(N)CC2)c1. The van der Waals surface area contributed by atoms with E-state index in [2.05, 4.69) is 16.3 Å². The lowest BCUT2D eigenvalue weighted by Crippen LogP contribution is -2.17. The minimum Gasteiger partial charge on any atom is -0.386 e. The molecule has 0 spiro atoms. The number of hydrogen-bond acceptors (Lipinski definition) is 4. The summed E-state index contributed by atoms with van der Waals surface area (Å²) in [6.45, 7) is 0. The van der Waals surface area contributed by atoms with E-state index in [0.29, 0.717) is 11.4 Å². The van der Waals surface area contributed by atoms with Crippen LogP contribution in [0.2, 0.25) is 0 Å². The van der Waals surface area contributed by atoms with Crippen molar-refractivity contribution in [2.24, 2.45) is 15.9 Å². The third-order valence-corrected chi connectivity index (χ3v) is 2.24. The molecule has 0 amide bonds. The van der Waals surface area contributed by atoms with Crippen LogP contribution in [-0.4, -0.2) is 11.5 Å². The summed E-state index contributed by atoms with van der Waals surface area (Å²) < 4.78 is 0. The Kier molecular flexibility index (Phi) is 2.46. The Hall–Kier alpha value is -2.15. The second-order valence-corrected chi connectivity index (χ2v) is 3.33. The molecule has 1 aliphatic heterocycles. The number of hydrogen-bond donors (Lipinski definition) is 1. The van der Waals surface area contributed by atoms with Crippen LogP contribution in [0.25, 0.3) is 0 Å². The molecule has 15 heavy (non-hydrogen) atoms. The first-order valence-electron chi connectivity index (χ1n) is 4.69. The smallest absolute Gasteiger partial charge is 0.122 e. The summed E-state index contributed by atoms with van der Waals surface area (Å²) in [4.78, 5) is 0. The predicted molar refractivity (Wildman–Crippen MR) is 58.6 cm³/mol. The van der Waals surface area contributed by atoms with Gasteiger partial charge in [-0.25, -0.2) is 0 Å². The number of amidine groups is 1. The van der Waals surface area contributed by atoms with Gasteiger partial charge in [0.1, 0.15) is 5.84 Å². The molecule has 0 fully saturated rings. The molecule has 2 N–H and O–H groups in total. The lowest BCUT2D eigenvalue weighted by atomic mass is 10.0. The van der Waals surface area contributed by atoms with Gasteiger partial charge in [-0.05, 0) is 24.1 Å². The third-order valence-electron chi connectivity index (χ3n) is 2.24. The average molecular weight is 198 g/mol. The van der Waals surface area contributed by atoms with E-state index in [0.717, 1.165) is 24.1 Å². The fourth-order valence-corrected chi connectivity index (χ4v) is 1.44. The fraction of sp³-hybridized carbons (Fsp3) is 0.182. The highest BCUT2D eigenvalue weighted by molar-refractivity contribution is 6.04. The van der Waals surface area contributed by atoms with Gasteiger partial charge in [-0.1, -0.05) is 12.1 Å². The first-order valence-corrected chi connectivity index (χ1v) is 4.69. The first kappa shape index (κ1) is 9.41. The lowest BCUT2D eigenvalue weighted by Gasteiger charge is -2.09. The first-order chi connectivity index (χ1) is 7.29. The highest BCUT2D eigenvalue weighted by Crippen LogP contribution is 2.12. The van der Waals surface area contributed by atoms with E-state index in [9.17, 15) is 0 Å². The van der Waals surface area contributed by atoms with E-state index < -0.39 is 0 Å². The minimum absolute atomic E-state index is 0.565. The summed E-state index contributed by atoms with van der Waals surface area (Å²) in [5.74, 6) is 0.565. The van der Waals surface area contributed by atoms with Gasteiger partial charge in [-0.2, -0.15) is 10.4 Å². The van der Waals surface area contributed by atoms with Gasteiger partial charge in [0, 0.05) is 6.42 Å². The van der Waals surface area contributed by atoms with Gasteiger partial charge in [0.15, 0.2) is 0 Å². The molecule has 0 aliphatic carbocycles. The van der Waals surface area contributed by atoms with Crippen molar-refractivity contribution in [2.45, 2.75) is 12.8 Å². The number of benzene rings is 1. The van der Waals surface area contributed by atoms with Gasteiger partial charge in [0.2, 0.25) is 0 Å². The van der Waals surface area contributed by atoms with E-state index in [1.54, 1.807) is 6.07 Å². The predicted octanol–water partition coefficient (Wildman–Crippen LogP) is 1.41. The summed E-state index contributed by atoms with van der Waals surface area (Å²) >= 11 is 0. The second kappa shape index (κ2) is 3.93. The molecule has 1 aromatic carbocycles. The molecule has 4 heteroatoms. The van der Waals surface area contributed by atoms with Gasteiger partial charge in [0.05, 0.1) is 17.3 Å². The van der Waals surface area contributed by atoms with Crippen LogP contribution in [0.5, 0.6) is 0 Å². The Bertz CT molecular complexity index is 480. The molecular formula is C11H10N4. The highest BCUT2D eigenvalue weighted by Gasteiger charge is 2.09. The van der Waals surface area contributed by atoms with Crippen LogP contribution >= 0.6 is 0 Å². The van der Waals surface area contributed by atoms with E-state index >= 15 is 0 Å². The van der Waals surface area contributed by atoms with Crippen LogP contribution < -0.4 is 5.73 Å². The topological polar surface area (TPSA) is 74.5 Å². The largest absolute Gasteiger partial charge is 0.386 e. The van der Waals surface area contributed by atoms with Crippen molar-refractivity contribution in [3.05, 3.63) is 35.4 Å². The van der Waals surface area contributed by atoms with Crippen LogP contribution in [-0.2, 0) is 0 Å². The molecule has 0 unspecified atom stereocenters. The third kappa shape index (κ3) is 2.02. The van der Waals surface area contributed by atoms with Crippen molar-refractivity contribution in [1.29, 1.82) is 5.26 Å². The minimum atomic E-state index is 0.565. The maximum absolute atomic E-state index is 8.77. The Balaban J connectivity index is 2.35. The molecule has 4 nitrogen and oxygen atoms in total. The molecule has 2 rings (SSSR count). The van der Waals surface area contributed by atoms with E-state index in [4.69, 9.17) is 11.0 Å². The fourth-order valence-electron chi connectivity index (χ4n) is 1.44. The van der Waals surface area contributed by atoms with E-state index in [-0.39, 0.29) is 0 Å². The van der Waals surface area contributed by atoms with Crippen LogP contribution in [0.4, 0.5) is 0 Å². The Morgan fingerprint density at radius 2 is 2.13 bits per heavy atom. The molecule has 0 saturated carbocycles. The van der Waals surface area contributed by atoms with Crippen LogP contribution in [0.3, 0.4) is 0 Å². The molecule has 1 aliphatic rings. The van der Waals surface area contributed by atoms with Crippen molar-refractivity contribution in [3.8, 4) is 6.07 Å². The van der Waals surface area contributed by atoms with E-state index in [1.165, 1.54) is 0 Å². The molecule has 0 radical (unpaired) electrons. The molecular weight excluding hydrogens is 188 g/mol. The number of nitriles is 1. The summed E-state index contributed by atoms with van der Waals surface area (Å²) in [5, 5.41) is 16.6. The second-order valence-electron chi connectivity index (χ2n) is 3.33. The van der Waals surface area contributed by atoms with Crippen molar-refractivity contribution in [1.82, 2.24) is 0 Å². The Morgan fingerprint density at radius 3 is 2.80 bits per heavy atom. The molecule has 74 valence electrons. The van der Waals surface area contributed by atoms with Gasteiger partial charge in [-0.15, -0.1) is 5.10 Å². The summed E-state index contributed by atoms with van der Waals surface area (Å²) in [6.07, 6.45) is 1.51. The van der Waals surface area contributed by atoms with Crippen molar-refractivity contribution >= 4 is 11.5 Å². The van der Waals surface area contributed by atoms with Crippen molar-refractivity contribution in [2.75, 3.05) is 0 Å². The van der Waals surface area contributed by atoms with E-state index in [1.807, 2.05) is 18.2 Å². The standard InChI is InChI=1S/C11H10N4/c12-7-8-2-1-3-9(6-8)10-4-5-11(13)15-14-10/h1-3,6H,4-5H2,(H2,13,15). The molecule has 0 bridgehead atoms. The number of nitrogens with zero attached hydrogens (tertiary/aromatic N) is 3. The molecule has 1 aromatic rings. The molecule has 0 saturated heterocycles. The summed E-state index contributed by atoms with van der Waals surface area (Å²) in [7, 11) is 0. The quantitative estimate of drug-likeness (QED) is 0.740. The van der Waals surface area contributed by atoms with Gasteiger partial charge >= 0.3 is 0 Å².